The van der Waals surface area contributed by atoms with E-state index in [1.165, 1.54) is 0 Å². The number of carbonyl (C=O) groups excluding carboxylic acids is 2. The van der Waals surface area contributed by atoms with Crippen LogP contribution in [0.3, 0.4) is 0 Å². The molecule has 0 bridgehead atoms. The van der Waals surface area contributed by atoms with Crippen molar-refractivity contribution in [1.29, 1.82) is 0 Å². The fourth-order valence-corrected chi connectivity index (χ4v) is 3.59. The first-order valence-electron chi connectivity index (χ1n) is 7.66. The minimum Gasteiger partial charge on any atom is -0.341 e. The van der Waals surface area contributed by atoms with Crippen molar-refractivity contribution in [3.63, 3.8) is 0 Å². The van der Waals surface area contributed by atoms with E-state index in [9.17, 15) is 9.59 Å². The molecule has 1 aromatic rings. The number of carbonyl (C=O) groups is 2. The van der Waals surface area contributed by atoms with E-state index in [4.69, 9.17) is 0 Å². The number of rotatable bonds is 2. The summed E-state index contributed by atoms with van der Waals surface area (Å²) in [5.41, 5.74) is 0.305. The van der Waals surface area contributed by atoms with Crippen LogP contribution < -0.4 is 0 Å². The van der Waals surface area contributed by atoms with Crippen LogP contribution in [0, 0.1) is 0 Å². The van der Waals surface area contributed by atoms with E-state index in [1.54, 1.807) is 24.5 Å². The van der Waals surface area contributed by atoms with Crippen LogP contribution >= 0.6 is 0 Å². The van der Waals surface area contributed by atoms with Crippen molar-refractivity contribution in [1.82, 2.24) is 14.8 Å². The van der Waals surface area contributed by atoms with E-state index in [0.717, 1.165) is 32.4 Å². The number of aromatic nitrogens is 1. The van der Waals surface area contributed by atoms with E-state index in [1.807, 2.05) is 16.7 Å². The van der Waals surface area contributed by atoms with Gasteiger partial charge in [-0.2, -0.15) is 0 Å². The van der Waals surface area contributed by atoms with Gasteiger partial charge in [-0.05, 0) is 38.3 Å². The molecule has 2 fully saturated rings. The molecule has 5 nitrogen and oxygen atoms in total. The minimum atomic E-state index is -0.307. The molecule has 0 aromatic carbocycles. The third-order valence-electron chi connectivity index (χ3n) is 4.70. The Labute approximate surface area is 124 Å². The van der Waals surface area contributed by atoms with Gasteiger partial charge in [0.25, 0.3) is 5.91 Å². The lowest BCUT2D eigenvalue weighted by molar-refractivity contribution is -0.127. The van der Waals surface area contributed by atoms with E-state index < -0.39 is 0 Å². The molecule has 1 spiro atoms. The van der Waals surface area contributed by atoms with Crippen LogP contribution in [-0.4, -0.2) is 51.8 Å². The lowest BCUT2D eigenvalue weighted by Gasteiger charge is -2.44. The lowest BCUT2D eigenvalue weighted by atomic mass is 9.85. The molecule has 2 saturated heterocycles. The molecule has 0 saturated carbocycles. The third kappa shape index (κ3) is 2.41. The van der Waals surface area contributed by atoms with Gasteiger partial charge in [0.2, 0.25) is 5.91 Å². The van der Waals surface area contributed by atoms with Crippen LogP contribution in [0.5, 0.6) is 0 Å². The van der Waals surface area contributed by atoms with Crippen LogP contribution in [0.15, 0.2) is 24.5 Å². The van der Waals surface area contributed by atoms with Gasteiger partial charge in [0, 0.05) is 32.0 Å². The fourth-order valence-electron chi connectivity index (χ4n) is 3.59. The SMILES string of the molecule is CCN1CC2(CCCCN2C(=O)c2cccnc2)CC1=O. The first kappa shape index (κ1) is 14.0. The highest BCUT2D eigenvalue weighted by Crippen LogP contribution is 2.37. The zero-order valence-electron chi connectivity index (χ0n) is 12.4. The lowest BCUT2D eigenvalue weighted by Crippen LogP contribution is -2.56. The standard InChI is InChI=1S/C16H21N3O2/c1-2-18-12-16(10-14(18)20)7-3-4-9-19(16)15(21)13-6-5-8-17-11-13/h5-6,8,11H,2-4,7,9-10,12H2,1H3. The summed E-state index contributed by atoms with van der Waals surface area (Å²) in [6.07, 6.45) is 6.75. The predicted molar refractivity (Wildman–Crippen MR) is 78.7 cm³/mol. The summed E-state index contributed by atoms with van der Waals surface area (Å²) >= 11 is 0. The topological polar surface area (TPSA) is 53.5 Å². The number of pyridine rings is 1. The zero-order valence-corrected chi connectivity index (χ0v) is 12.4. The molecule has 0 radical (unpaired) electrons. The summed E-state index contributed by atoms with van der Waals surface area (Å²) in [4.78, 5) is 32.8. The predicted octanol–water partition coefficient (Wildman–Crippen LogP) is 1.70. The average Bonchev–Trinajstić information content (AvgIpc) is 2.84. The van der Waals surface area contributed by atoms with Crippen molar-refractivity contribution in [2.75, 3.05) is 19.6 Å². The first-order chi connectivity index (χ1) is 10.2. The molecular formula is C16H21N3O2. The van der Waals surface area contributed by atoms with Gasteiger partial charge in [-0.3, -0.25) is 14.6 Å². The molecular weight excluding hydrogens is 266 g/mol. The molecule has 5 heteroatoms. The first-order valence-corrected chi connectivity index (χ1v) is 7.66. The smallest absolute Gasteiger partial charge is 0.255 e. The number of piperidine rings is 1. The summed E-state index contributed by atoms with van der Waals surface area (Å²) < 4.78 is 0. The second kappa shape index (κ2) is 5.47. The van der Waals surface area contributed by atoms with Crippen LogP contribution in [0.2, 0.25) is 0 Å². The van der Waals surface area contributed by atoms with Gasteiger partial charge in [0.15, 0.2) is 0 Å². The minimum absolute atomic E-state index is 0.00792. The molecule has 0 aliphatic carbocycles. The Morgan fingerprint density at radius 1 is 1.43 bits per heavy atom. The van der Waals surface area contributed by atoms with Crippen molar-refractivity contribution in [3.8, 4) is 0 Å². The van der Waals surface area contributed by atoms with Gasteiger partial charge < -0.3 is 9.80 Å². The van der Waals surface area contributed by atoms with E-state index in [-0.39, 0.29) is 17.4 Å². The molecule has 2 aliphatic rings. The molecule has 1 aromatic heterocycles. The van der Waals surface area contributed by atoms with Crippen LogP contribution in [0.1, 0.15) is 43.0 Å². The second-order valence-corrected chi connectivity index (χ2v) is 5.96. The Hall–Kier alpha value is -1.91. The second-order valence-electron chi connectivity index (χ2n) is 5.96. The maximum Gasteiger partial charge on any atom is 0.255 e. The van der Waals surface area contributed by atoms with Gasteiger partial charge >= 0.3 is 0 Å². The summed E-state index contributed by atoms with van der Waals surface area (Å²) in [6, 6.07) is 3.58. The third-order valence-corrected chi connectivity index (χ3v) is 4.70. The van der Waals surface area contributed by atoms with Crippen LogP contribution in [0.25, 0.3) is 0 Å². The maximum absolute atomic E-state index is 12.8. The van der Waals surface area contributed by atoms with Gasteiger partial charge in [-0.25, -0.2) is 0 Å². The van der Waals surface area contributed by atoms with Crippen molar-refractivity contribution in [3.05, 3.63) is 30.1 Å². The summed E-state index contributed by atoms with van der Waals surface area (Å²) in [6.45, 7) is 4.12. The number of likely N-dealkylation sites (tertiary alicyclic amines) is 2. The number of likely N-dealkylation sites (N-methyl/N-ethyl adjacent to an activating group) is 1. The molecule has 3 rings (SSSR count). The molecule has 2 amide bonds. The molecule has 2 aliphatic heterocycles. The van der Waals surface area contributed by atoms with E-state index >= 15 is 0 Å². The number of amides is 2. The van der Waals surface area contributed by atoms with Crippen molar-refractivity contribution in [2.24, 2.45) is 0 Å². The monoisotopic (exact) mass is 287 g/mol. The summed E-state index contributed by atoms with van der Waals surface area (Å²) in [5, 5.41) is 0. The Bertz CT molecular complexity index is 546. The Balaban J connectivity index is 1.89. The van der Waals surface area contributed by atoms with Crippen LogP contribution in [-0.2, 0) is 4.79 Å². The van der Waals surface area contributed by atoms with Crippen molar-refractivity contribution >= 4 is 11.8 Å². The molecule has 1 unspecified atom stereocenters. The molecule has 3 heterocycles. The van der Waals surface area contributed by atoms with Gasteiger partial charge in [-0.15, -0.1) is 0 Å². The Morgan fingerprint density at radius 3 is 2.95 bits per heavy atom. The van der Waals surface area contributed by atoms with E-state index in [0.29, 0.717) is 18.5 Å². The highest BCUT2D eigenvalue weighted by atomic mass is 16.2. The Morgan fingerprint density at radius 2 is 2.29 bits per heavy atom. The Kier molecular flexibility index (Phi) is 3.66. The maximum atomic E-state index is 12.8. The zero-order chi connectivity index (χ0) is 14.9. The number of nitrogens with zero attached hydrogens (tertiary/aromatic N) is 3. The largest absolute Gasteiger partial charge is 0.341 e. The average molecular weight is 287 g/mol. The van der Waals surface area contributed by atoms with Crippen molar-refractivity contribution < 1.29 is 9.59 Å². The van der Waals surface area contributed by atoms with E-state index in [2.05, 4.69) is 4.98 Å². The highest BCUT2D eigenvalue weighted by Gasteiger charge is 2.49. The number of hydrogen-bond acceptors (Lipinski definition) is 3. The molecule has 21 heavy (non-hydrogen) atoms. The quantitative estimate of drug-likeness (QED) is 0.832. The van der Waals surface area contributed by atoms with Gasteiger partial charge in [-0.1, -0.05) is 0 Å². The van der Waals surface area contributed by atoms with Crippen LogP contribution in [0.4, 0.5) is 0 Å². The number of hydrogen-bond donors (Lipinski definition) is 0. The van der Waals surface area contributed by atoms with Gasteiger partial charge in [0.1, 0.15) is 0 Å². The van der Waals surface area contributed by atoms with Crippen molar-refractivity contribution in [2.45, 2.75) is 38.1 Å². The molecule has 1 atom stereocenters. The summed E-state index contributed by atoms with van der Waals surface area (Å²) in [7, 11) is 0. The highest BCUT2D eigenvalue weighted by molar-refractivity contribution is 5.95. The molecule has 112 valence electrons. The van der Waals surface area contributed by atoms with Gasteiger partial charge in [0.05, 0.1) is 17.5 Å². The summed E-state index contributed by atoms with van der Waals surface area (Å²) in [5.74, 6) is 0.178. The normalized spacial score (nSPS) is 25.7. The fraction of sp³-hybridized carbons (Fsp3) is 0.562. The molecule has 0 N–H and O–H groups in total.